The Bertz CT molecular complexity index is 1460. The van der Waals surface area contributed by atoms with Crippen LogP contribution in [0.3, 0.4) is 0 Å². The molecule has 1 aliphatic heterocycles. The number of hydrogen-bond acceptors (Lipinski definition) is 5. The molecule has 0 bridgehead atoms. The first-order valence-corrected chi connectivity index (χ1v) is 13.9. The SMILES string of the molecule is CCOC(=O)C1=C[C@@H](CC(=O)C(C)(C)C)N(S(=O)(=O)c2ccc(C)cc2)[C@H]1c1cccc2ccccc12. The van der Waals surface area contributed by atoms with Gasteiger partial charge in [0.05, 0.1) is 29.2 Å². The third kappa shape index (κ3) is 5.24. The normalized spacial score (nSPS) is 18.6. The summed E-state index contributed by atoms with van der Waals surface area (Å²) in [5, 5.41) is 1.75. The molecule has 0 aliphatic carbocycles. The first-order valence-electron chi connectivity index (χ1n) is 12.4. The molecule has 3 aromatic carbocycles. The van der Waals surface area contributed by atoms with Crippen LogP contribution in [0.5, 0.6) is 0 Å². The van der Waals surface area contributed by atoms with Crippen molar-refractivity contribution in [1.29, 1.82) is 0 Å². The number of carbonyl (C=O) groups excluding carboxylic acids is 2. The standard InChI is InChI=1S/C30H33NO5S/c1-6-36-29(33)26-18-22(19-27(32)30(3,4)5)31(37(34,35)23-16-14-20(2)15-17-23)28(26)25-13-9-11-21-10-7-8-12-24(21)25/h7-18,22,28H,6,19H2,1-5H3/t22-,28-/m0/s1. The van der Waals surface area contributed by atoms with E-state index >= 15 is 0 Å². The molecule has 4 rings (SSSR count). The summed E-state index contributed by atoms with van der Waals surface area (Å²) in [6.45, 7) is 9.16. The van der Waals surface area contributed by atoms with Gasteiger partial charge in [0, 0.05) is 11.8 Å². The van der Waals surface area contributed by atoms with Gasteiger partial charge in [0.1, 0.15) is 5.78 Å². The number of esters is 1. The number of carbonyl (C=O) groups is 2. The summed E-state index contributed by atoms with van der Waals surface area (Å²) < 4.78 is 35.2. The molecule has 194 valence electrons. The second kappa shape index (κ2) is 10.2. The van der Waals surface area contributed by atoms with Gasteiger partial charge in [0.25, 0.3) is 0 Å². The van der Waals surface area contributed by atoms with E-state index in [0.29, 0.717) is 5.56 Å². The number of ether oxygens (including phenoxy) is 1. The highest BCUT2D eigenvalue weighted by Crippen LogP contribution is 2.45. The number of Topliss-reactive ketones (excluding diaryl/α,β-unsaturated/α-hetero) is 1. The first kappa shape index (κ1) is 26.8. The summed E-state index contributed by atoms with van der Waals surface area (Å²) in [6.07, 6.45) is 1.55. The van der Waals surface area contributed by atoms with E-state index in [9.17, 15) is 18.0 Å². The van der Waals surface area contributed by atoms with Gasteiger partial charge in [0.2, 0.25) is 10.0 Å². The molecular formula is C30H33NO5S. The summed E-state index contributed by atoms with van der Waals surface area (Å²) in [7, 11) is -4.12. The topological polar surface area (TPSA) is 80.8 Å². The van der Waals surface area contributed by atoms with Crippen molar-refractivity contribution in [3.05, 3.63) is 89.5 Å². The number of rotatable bonds is 7. The van der Waals surface area contributed by atoms with E-state index in [1.165, 1.54) is 4.31 Å². The zero-order valence-electron chi connectivity index (χ0n) is 21.9. The summed E-state index contributed by atoms with van der Waals surface area (Å²) in [5.74, 6) is -0.685. The molecule has 0 saturated carbocycles. The van der Waals surface area contributed by atoms with Crippen molar-refractivity contribution >= 4 is 32.5 Å². The second-order valence-electron chi connectivity index (χ2n) is 10.4. The Morgan fingerprint density at radius 3 is 2.24 bits per heavy atom. The number of sulfonamides is 1. The van der Waals surface area contributed by atoms with Gasteiger partial charge in [-0.2, -0.15) is 4.31 Å². The Labute approximate surface area is 219 Å². The lowest BCUT2D eigenvalue weighted by Gasteiger charge is -2.32. The summed E-state index contributed by atoms with van der Waals surface area (Å²) in [6, 6.07) is 18.1. The van der Waals surface area contributed by atoms with Crippen LogP contribution in [-0.4, -0.2) is 37.1 Å². The lowest BCUT2D eigenvalue weighted by atomic mass is 9.87. The summed E-state index contributed by atoms with van der Waals surface area (Å²) >= 11 is 0. The molecule has 7 heteroatoms. The van der Waals surface area contributed by atoms with Crippen molar-refractivity contribution < 1.29 is 22.7 Å². The van der Waals surface area contributed by atoms with Crippen LogP contribution < -0.4 is 0 Å². The zero-order chi connectivity index (χ0) is 27.0. The van der Waals surface area contributed by atoms with E-state index in [1.54, 1.807) is 58.0 Å². The zero-order valence-corrected chi connectivity index (χ0v) is 22.7. The Morgan fingerprint density at radius 2 is 1.59 bits per heavy atom. The average Bonchev–Trinajstić information content (AvgIpc) is 3.23. The van der Waals surface area contributed by atoms with Crippen LogP contribution in [0.2, 0.25) is 0 Å². The number of nitrogens with zero attached hydrogens (tertiary/aromatic N) is 1. The Morgan fingerprint density at radius 1 is 0.946 bits per heavy atom. The van der Waals surface area contributed by atoms with E-state index < -0.39 is 33.5 Å². The fourth-order valence-corrected chi connectivity index (χ4v) is 6.40. The quantitative estimate of drug-likeness (QED) is 0.371. The number of fused-ring (bicyclic) bond motifs is 1. The molecule has 2 atom stereocenters. The minimum atomic E-state index is -4.12. The Kier molecular flexibility index (Phi) is 7.40. The maximum atomic E-state index is 14.3. The molecule has 0 radical (unpaired) electrons. The number of hydrogen-bond donors (Lipinski definition) is 0. The Balaban J connectivity index is 1.97. The lowest BCUT2D eigenvalue weighted by molar-refractivity contribution is -0.138. The minimum absolute atomic E-state index is 0.0568. The fourth-order valence-electron chi connectivity index (χ4n) is 4.68. The third-order valence-electron chi connectivity index (χ3n) is 6.70. The van der Waals surface area contributed by atoms with E-state index in [4.69, 9.17) is 4.74 Å². The molecule has 3 aromatic rings. The average molecular weight is 520 g/mol. The van der Waals surface area contributed by atoms with Crippen LogP contribution in [0.25, 0.3) is 10.8 Å². The molecule has 1 aliphatic rings. The van der Waals surface area contributed by atoms with Gasteiger partial charge < -0.3 is 4.74 Å². The van der Waals surface area contributed by atoms with Crippen molar-refractivity contribution in [1.82, 2.24) is 4.31 Å². The molecule has 0 amide bonds. The Hall–Kier alpha value is -3.29. The van der Waals surface area contributed by atoms with Gasteiger partial charge in [-0.15, -0.1) is 0 Å². The lowest BCUT2D eigenvalue weighted by Crippen LogP contribution is -2.41. The van der Waals surface area contributed by atoms with Gasteiger partial charge in [0.15, 0.2) is 0 Å². The van der Waals surface area contributed by atoms with Crippen LogP contribution in [0.15, 0.2) is 83.3 Å². The van der Waals surface area contributed by atoms with E-state index in [0.717, 1.165) is 16.3 Å². The van der Waals surface area contributed by atoms with Crippen molar-refractivity contribution in [2.45, 2.75) is 58.0 Å². The molecule has 0 fully saturated rings. The van der Waals surface area contributed by atoms with Crippen molar-refractivity contribution in [3.63, 3.8) is 0 Å². The maximum Gasteiger partial charge on any atom is 0.335 e. The summed E-state index contributed by atoms with van der Waals surface area (Å²) in [4.78, 5) is 26.5. The van der Waals surface area contributed by atoms with E-state index in [2.05, 4.69) is 0 Å². The highest BCUT2D eigenvalue weighted by molar-refractivity contribution is 7.89. The molecule has 0 saturated heterocycles. The van der Waals surface area contributed by atoms with Gasteiger partial charge in [-0.3, -0.25) is 4.79 Å². The third-order valence-corrected chi connectivity index (χ3v) is 8.61. The van der Waals surface area contributed by atoms with Crippen LogP contribution in [0, 0.1) is 12.3 Å². The molecule has 0 spiro atoms. The first-order chi connectivity index (χ1) is 17.4. The van der Waals surface area contributed by atoms with Gasteiger partial charge in [-0.1, -0.05) is 87.0 Å². The van der Waals surface area contributed by atoms with E-state index in [-0.39, 0.29) is 29.3 Å². The second-order valence-corrected chi connectivity index (χ2v) is 12.2. The molecule has 1 heterocycles. The highest BCUT2D eigenvalue weighted by atomic mass is 32.2. The maximum absolute atomic E-state index is 14.3. The van der Waals surface area contributed by atoms with Crippen LogP contribution >= 0.6 is 0 Å². The highest BCUT2D eigenvalue weighted by Gasteiger charge is 2.48. The molecule has 0 N–H and O–H groups in total. The van der Waals surface area contributed by atoms with Gasteiger partial charge >= 0.3 is 5.97 Å². The number of benzene rings is 3. The molecule has 37 heavy (non-hydrogen) atoms. The van der Waals surface area contributed by atoms with E-state index in [1.807, 2.05) is 49.4 Å². The molecule has 0 aromatic heterocycles. The van der Waals surface area contributed by atoms with Crippen molar-refractivity contribution in [3.8, 4) is 0 Å². The van der Waals surface area contributed by atoms with Crippen molar-refractivity contribution in [2.24, 2.45) is 5.41 Å². The number of ketones is 1. The summed E-state index contributed by atoms with van der Waals surface area (Å²) in [5.41, 5.74) is 1.14. The minimum Gasteiger partial charge on any atom is -0.463 e. The van der Waals surface area contributed by atoms with Gasteiger partial charge in [-0.05, 0) is 42.3 Å². The fraction of sp³-hybridized carbons (Fsp3) is 0.333. The van der Waals surface area contributed by atoms with Crippen LogP contribution in [0.1, 0.15) is 51.3 Å². The van der Waals surface area contributed by atoms with Crippen LogP contribution in [-0.2, 0) is 24.3 Å². The van der Waals surface area contributed by atoms with Crippen molar-refractivity contribution in [2.75, 3.05) is 6.61 Å². The monoisotopic (exact) mass is 519 g/mol. The largest absolute Gasteiger partial charge is 0.463 e. The smallest absolute Gasteiger partial charge is 0.335 e. The molecule has 6 nitrogen and oxygen atoms in total. The predicted molar refractivity (Wildman–Crippen MR) is 144 cm³/mol. The molecule has 0 unspecified atom stereocenters. The molecular weight excluding hydrogens is 486 g/mol. The van der Waals surface area contributed by atoms with Crippen LogP contribution in [0.4, 0.5) is 0 Å². The van der Waals surface area contributed by atoms with Gasteiger partial charge in [-0.25, -0.2) is 13.2 Å². The number of aryl methyl sites for hydroxylation is 1. The predicted octanol–water partition coefficient (Wildman–Crippen LogP) is 5.76.